The van der Waals surface area contributed by atoms with Crippen LogP contribution in [0.25, 0.3) is 0 Å². The third-order valence-corrected chi connectivity index (χ3v) is 5.18. The summed E-state index contributed by atoms with van der Waals surface area (Å²) in [6, 6.07) is 9.91. The molecule has 0 aliphatic carbocycles. The van der Waals surface area contributed by atoms with Gasteiger partial charge in [-0.3, -0.25) is 0 Å². The van der Waals surface area contributed by atoms with Crippen LogP contribution in [0, 0.1) is 0 Å². The minimum atomic E-state index is -0.265. The monoisotopic (exact) mass is 275 g/mol. The second kappa shape index (κ2) is 5.08. The fourth-order valence-electron chi connectivity index (χ4n) is 2.18. The molecule has 19 heavy (non-hydrogen) atoms. The lowest BCUT2D eigenvalue weighted by Gasteiger charge is -2.32. The van der Waals surface area contributed by atoms with Gasteiger partial charge in [-0.1, -0.05) is 42.9 Å². The Morgan fingerprint density at radius 3 is 1.84 bits per heavy atom. The van der Waals surface area contributed by atoms with Crippen molar-refractivity contribution < 1.29 is 9.31 Å². The Morgan fingerprint density at radius 2 is 1.42 bits per heavy atom. The van der Waals surface area contributed by atoms with E-state index in [9.17, 15) is 0 Å². The maximum absolute atomic E-state index is 6.06. The number of rotatable bonds is 3. The van der Waals surface area contributed by atoms with Gasteiger partial charge in [-0.25, -0.2) is 0 Å². The van der Waals surface area contributed by atoms with Crippen LogP contribution in [0.3, 0.4) is 0 Å². The van der Waals surface area contributed by atoms with Crippen LogP contribution in [0.5, 0.6) is 0 Å². The molecule has 2 nitrogen and oxygen atoms in total. The molecule has 1 aliphatic rings. The van der Waals surface area contributed by atoms with Crippen molar-refractivity contribution in [2.45, 2.75) is 58.0 Å². The van der Waals surface area contributed by atoms with E-state index in [0.29, 0.717) is 0 Å². The zero-order chi connectivity index (χ0) is 14.3. The summed E-state index contributed by atoms with van der Waals surface area (Å²) in [5, 5.41) is 0. The summed E-state index contributed by atoms with van der Waals surface area (Å²) in [5.74, 6) is 0. The van der Waals surface area contributed by atoms with Crippen molar-refractivity contribution in [2.75, 3.05) is 0 Å². The molecule has 1 saturated heterocycles. The first-order chi connectivity index (χ1) is 8.71. The van der Waals surface area contributed by atoms with Gasteiger partial charge in [0.25, 0.3) is 0 Å². The second-order valence-electron chi connectivity index (χ2n) is 6.71. The van der Waals surface area contributed by atoms with Crippen LogP contribution in [-0.2, 0) is 15.4 Å². The van der Waals surface area contributed by atoms with E-state index in [1.807, 2.05) is 0 Å². The van der Waals surface area contributed by atoms with Crippen molar-refractivity contribution >= 4 is 21.4 Å². The first-order valence-corrected chi connectivity index (χ1v) is 9.65. The molecule has 1 aromatic carbocycles. The van der Waals surface area contributed by atoms with Crippen molar-refractivity contribution in [3.8, 4) is 0 Å². The van der Waals surface area contributed by atoms with Crippen molar-refractivity contribution in [1.82, 2.24) is 0 Å². The Labute approximate surface area is 119 Å². The first-order valence-electron chi connectivity index (χ1n) is 6.95. The minimum absolute atomic E-state index is 0.217. The van der Waals surface area contributed by atoms with E-state index in [1.54, 1.807) is 0 Å². The maximum Gasteiger partial charge on any atom is 0.494 e. The van der Waals surface area contributed by atoms with Crippen LogP contribution in [0.1, 0.15) is 33.3 Å². The van der Waals surface area contributed by atoms with E-state index in [1.165, 1.54) is 11.6 Å². The molecule has 0 atom stereocenters. The summed E-state index contributed by atoms with van der Waals surface area (Å²) in [4.78, 5) is 0. The zero-order valence-electron chi connectivity index (χ0n) is 12.9. The molecule has 103 valence electrons. The Balaban J connectivity index is 2.12. The molecule has 2 rings (SSSR count). The number of benzene rings is 1. The molecular formula is C15H24BO2Si. The van der Waals surface area contributed by atoms with Gasteiger partial charge < -0.3 is 9.31 Å². The topological polar surface area (TPSA) is 18.5 Å². The Hall–Kier alpha value is -0.578. The van der Waals surface area contributed by atoms with Crippen molar-refractivity contribution in [2.24, 2.45) is 0 Å². The summed E-state index contributed by atoms with van der Waals surface area (Å²) in [7, 11) is -0.461. The van der Waals surface area contributed by atoms with Gasteiger partial charge in [0.2, 0.25) is 0 Å². The van der Waals surface area contributed by atoms with E-state index in [2.05, 4.69) is 65.1 Å². The summed E-state index contributed by atoms with van der Waals surface area (Å²) in [6.45, 7) is 13.0. The van der Waals surface area contributed by atoms with Gasteiger partial charge in [-0.2, -0.15) is 0 Å². The van der Waals surface area contributed by atoms with Gasteiger partial charge in [-0.15, -0.1) is 0 Å². The van der Waals surface area contributed by atoms with Gasteiger partial charge in [0, 0.05) is 8.80 Å². The summed E-state index contributed by atoms with van der Waals surface area (Å²) in [5.41, 5.74) is 2.00. The molecule has 0 aromatic heterocycles. The lowest BCUT2D eigenvalue weighted by atomic mass is 9.79. The van der Waals surface area contributed by atoms with E-state index in [4.69, 9.17) is 9.31 Å². The molecule has 1 heterocycles. The number of hydrogen-bond donors (Lipinski definition) is 0. The van der Waals surface area contributed by atoms with Crippen LogP contribution in [-0.4, -0.2) is 27.1 Å². The SMILES string of the molecule is C[Si](C)Cc1ccc(B2OC(C)(C)C(C)(C)O2)cc1. The standard InChI is InChI=1S/C15H24BO2Si/c1-14(2)15(3,4)18-16(17-14)13-9-7-12(8-10-13)11-19(5)6/h7-10H,11H2,1-6H3. The van der Waals surface area contributed by atoms with Crippen LogP contribution in [0.2, 0.25) is 13.1 Å². The van der Waals surface area contributed by atoms with Gasteiger partial charge in [0.1, 0.15) is 0 Å². The average molecular weight is 275 g/mol. The summed E-state index contributed by atoms with van der Waals surface area (Å²) < 4.78 is 12.1. The highest BCUT2D eigenvalue weighted by molar-refractivity contribution is 6.62. The molecule has 1 aliphatic heterocycles. The largest absolute Gasteiger partial charge is 0.494 e. The van der Waals surface area contributed by atoms with Crippen LogP contribution >= 0.6 is 0 Å². The fourth-order valence-corrected chi connectivity index (χ4v) is 3.23. The average Bonchev–Trinajstić information content (AvgIpc) is 2.48. The first kappa shape index (κ1) is 14.8. The smallest absolute Gasteiger partial charge is 0.399 e. The normalized spacial score (nSPS) is 21.1. The van der Waals surface area contributed by atoms with Crippen LogP contribution in [0.15, 0.2) is 24.3 Å². The molecule has 0 bridgehead atoms. The van der Waals surface area contributed by atoms with Crippen molar-refractivity contribution in [1.29, 1.82) is 0 Å². The van der Waals surface area contributed by atoms with Crippen molar-refractivity contribution in [3.63, 3.8) is 0 Å². The van der Waals surface area contributed by atoms with Crippen LogP contribution < -0.4 is 5.46 Å². The maximum atomic E-state index is 6.06. The highest BCUT2D eigenvalue weighted by Crippen LogP contribution is 2.36. The molecule has 0 N–H and O–H groups in total. The molecule has 1 radical (unpaired) electrons. The number of hydrogen-bond acceptors (Lipinski definition) is 2. The van der Waals surface area contributed by atoms with E-state index in [-0.39, 0.29) is 27.1 Å². The third kappa shape index (κ3) is 3.12. The zero-order valence-corrected chi connectivity index (χ0v) is 13.9. The fraction of sp³-hybridized carbons (Fsp3) is 0.600. The predicted molar refractivity (Wildman–Crippen MR) is 83.3 cm³/mol. The molecule has 4 heteroatoms. The molecule has 1 aromatic rings. The molecule has 0 spiro atoms. The Kier molecular flexibility index (Phi) is 3.96. The van der Waals surface area contributed by atoms with Crippen molar-refractivity contribution in [3.05, 3.63) is 29.8 Å². The van der Waals surface area contributed by atoms with Gasteiger partial charge >= 0.3 is 7.12 Å². The minimum Gasteiger partial charge on any atom is -0.399 e. The molecule has 0 saturated carbocycles. The van der Waals surface area contributed by atoms with Gasteiger partial charge in [0.05, 0.1) is 11.2 Å². The Bertz CT molecular complexity index is 424. The van der Waals surface area contributed by atoms with Gasteiger partial charge in [-0.05, 0) is 39.2 Å². The lowest BCUT2D eigenvalue weighted by molar-refractivity contribution is 0.00578. The van der Waals surface area contributed by atoms with Gasteiger partial charge in [0.15, 0.2) is 0 Å². The van der Waals surface area contributed by atoms with Crippen LogP contribution in [0.4, 0.5) is 0 Å². The quantitative estimate of drug-likeness (QED) is 0.790. The van der Waals surface area contributed by atoms with E-state index < -0.39 is 0 Å². The predicted octanol–water partition coefficient (Wildman–Crippen LogP) is 2.82. The third-order valence-electron chi connectivity index (χ3n) is 4.06. The lowest BCUT2D eigenvalue weighted by Crippen LogP contribution is -2.41. The van der Waals surface area contributed by atoms with E-state index >= 15 is 0 Å². The highest BCUT2D eigenvalue weighted by atomic mass is 28.3. The Morgan fingerprint density at radius 1 is 0.947 bits per heavy atom. The second-order valence-corrected chi connectivity index (χ2v) is 9.48. The molecular weight excluding hydrogens is 251 g/mol. The molecule has 1 fully saturated rings. The molecule has 0 unspecified atom stereocenters. The highest BCUT2D eigenvalue weighted by Gasteiger charge is 2.51. The van der Waals surface area contributed by atoms with E-state index in [0.717, 1.165) is 5.46 Å². The summed E-state index contributed by atoms with van der Waals surface area (Å²) in [6.07, 6.45) is 0. The molecule has 0 amide bonds. The summed E-state index contributed by atoms with van der Waals surface area (Å²) >= 11 is 0.